The van der Waals surface area contributed by atoms with Gasteiger partial charge in [-0.2, -0.15) is 0 Å². The molecule has 0 aliphatic heterocycles. The molecule has 6 nitrogen and oxygen atoms in total. The van der Waals surface area contributed by atoms with Crippen LogP contribution in [0.5, 0.6) is 0 Å². The van der Waals surface area contributed by atoms with Crippen LogP contribution in [-0.2, 0) is 9.53 Å². The summed E-state index contributed by atoms with van der Waals surface area (Å²) < 4.78 is 7.46. The third-order valence-electron chi connectivity index (χ3n) is 4.67. The van der Waals surface area contributed by atoms with Gasteiger partial charge in [0.1, 0.15) is 0 Å². The van der Waals surface area contributed by atoms with Crippen molar-refractivity contribution in [1.29, 1.82) is 0 Å². The predicted molar refractivity (Wildman–Crippen MR) is 102 cm³/mol. The van der Waals surface area contributed by atoms with E-state index < -0.39 is 0 Å². The normalized spacial score (nSPS) is 20.3. The van der Waals surface area contributed by atoms with E-state index in [1.165, 1.54) is 31.0 Å². The van der Waals surface area contributed by atoms with Crippen LogP contribution in [0.15, 0.2) is 29.7 Å². The molecule has 0 bridgehead atoms. The minimum atomic E-state index is -0.223. The van der Waals surface area contributed by atoms with E-state index in [1.54, 1.807) is 6.20 Å². The first-order chi connectivity index (χ1) is 12.6. The second-order valence-corrected chi connectivity index (χ2v) is 8.02. The Morgan fingerprint density at radius 3 is 2.85 bits per heavy atom. The fourth-order valence-corrected chi connectivity index (χ4v) is 4.24. The maximum Gasteiger partial charge on any atom is 0.316 e. The third kappa shape index (κ3) is 4.44. The van der Waals surface area contributed by atoms with Gasteiger partial charge in [-0.25, -0.2) is 0 Å². The number of carbonyl (C=O) groups excluding carboxylic acids is 1. The first-order valence-corrected chi connectivity index (χ1v) is 10.2. The molecule has 0 aromatic carbocycles. The van der Waals surface area contributed by atoms with Crippen molar-refractivity contribution in [3.8, 4) is 11.4 Å². The number of hydrogen-bond donors (Lipinski definition) is 0. The Hall–Kier alpha value is -1.89. The fraction of sp³-hybridized carbons (Fsp3) is 0.579. The second kappa shape index (κ2) is 8.66. The molecule has 2 aromatic heterocycles. The summed E-state index contributed by atoms with van der Waals surface area (Å²) in [4.78, 5) is 16.2. The van der Waals surface area contributed by atoms with Crippen molar-refractivity contribution in [2.45, 2.75) is 63.8 Å². The summed E-state index contributed by atoms with van der Waals surface area (Å²) in [7, 11) is 0. The van der Waals surface area contributed by atoms with Crippen molar-refractivity contribution in [1.82, 2.24) is 19.7 Å². The van der Waals surface area contributed by atoms with Crippen LogP contribution in [0.3, 0.4) is 0 Å². The lowest BCUT2D eigenvalue weighted by Gasteiger charge is -2.31. The molecule has 0 N–H and O–H groups in total. The summed E-state index contributed by atoms with van der Waals surface area (Å²) in [6.07, 6.45) is 8.25. The van der Waals surface area contributed by atoms with Gasteiger partial charge in [0.25, 0.3) is 0 Å². The van der Waals surface area contributed by atoms with Gasteiger partial charge < -0.3 is 4.74 Å². The lowest BCUT2D eigenvalue weighted by Crippen LogP contribution is -2.23. The van der Waals surface area contributed by atoms with Crippen LogP contribution in [0.25, 0.3) is 11.4 Å². The molecule has 26 heavy (non-hydrogen) atoms. The Balaban J connectivity index is 1.89. The standard InChI is InChI=1S/C19H26N4O2S/c1-13(2)25-17(24)12-26-19-22-21-18(15-8-6-10-20-11-15)23(19)16-9-5-4-7-14(16)3/h6,8,10-11,13-14,16H,4-5,7,9,12H2,1-3H3. The Morgan fingerprint density at radius 1 is 1.35 bits per heavy atom. The summed E-state index contributed by atoms with van der Waals surface area (Å²) in [6, 6.07) is 4.26. The highest BCUT2D eigenvalue weighted by atomic mass is 32.2. The third-order valence-corrected chi connectivity index (χ3v) is 5.58. The number of carbonyl (C=O) groups is 1. The molecule has 2 aromatic rings. The number of aromatic nitrogens is 4. The molecule has 0 saturated heterocycles. The van der Waals surface area contributed by atoms with E-state index in [0.29, 0.717) is 12.0 Å². The topological polar surface area (TPSA) is 69.9 Å². The summed E-state index contributed by atoms with van der Waals surface area (Å²) in [5.41, 5.74) is 0.953. The summed E-state index contributed by atoms with van der Waals surface area (Å²) in [6.45, 7) is 6.00. The number of esters is 1. The molecule has 2 atom stereocenters. The van der Waals surface area contributed by atoms with Gasteiger partial charge >= 0.3 is 5.97 Å². The van der Waals surface area contributed by atoms with Gasteiger partial charge in [-0.05, 0) is 44.7 Å². The van der Waals surface area contributed by atoms with E-state index in [2.05, 4.69) is 26.7 Å². The van der Waals surface area contributed by atoms with Gasteiger partial charge in [0.2, 0.25) is 0 Å². The van der Waals surface area contributed by atoms with Crippen molar-refractivity contribution in [3.63, 3.8) is 0 Å². The quantitative estimate of drug-likeness (QED) is 0.559. The molecule has 2 heterocycles. The van der Waals surface area contributed by atoms with E-state index in [-0.39, 0.29) is 17.8 Å². The highest BCUT2D eigenvalue weighted by Crippen LogP contribution is 2.38. The highest BCUT2D eigenvalue weighted by Gasteiger charge is 2.29. The molecular formula is C19H26N4O2S. The number of thioether (sulfide) groups is 1. The largest absolute Gasteiger partial charge is 0.462 e. The molecule has 1 aliphatic carbocycles. The van der Waals surface area contributed by atoms with E-state index in [9.17, 15) is 4.79 Å². The molecule has 1 aliphatic rings. The number of hydrogen-bond acceptors (Lipinski definition) is 6. The van der Waals surface area contributed by atoms with Crippen molar-refractivity contribution in [2.24, 2.45) is 5.92 Å². The van der Waals surface area contributed by atoms with E-state index in [0.717, 1.165) is 23.0 Å². The number of nitrogens with zero attached hydrogens (tertiary/aromatic N) is 4. The summed E-state index contributed by atoms with van der Waals surface area (Å²) in [5.74, 6) is 1.40. The van der Waals surface area contributed by atoms with Gasteiger partial charge in [-0.15, -0.1) is 10.2 Å². The zero-order valence-electron chi connectivity index (χ0n) is 15.6. The molecule has 7 heteroatoms. The van der Waals surface area contributed by atoms with Crippen LogP contribution in [0.4, 0.5) is 0 Å². The van der Waals surface area contributed by atoms with Gasteiger partial charge in [0.05, 0.1) is 11.9 Å². The van der Waals surface area contributed by atoms with Crippen LogP contribution in [0.2, 0.25) is 0 Å². The minimum absolute atomic E-state index is 0.106. The van der Waals surface area contributed by atoms with Crippen molar-refractivity contribution in [3.05, 3.63) is 24.5 Å². The maximum absolute atomic E-state index is 11.9. The molecule has 2 unspecified atom stereocenters. The molecule has 140 valence electrons. The monoisotopic (exact) mass is 374 g/mol. The highest BCUT2D eigenvalue weighted by molar-refractivity contribution is 7.99. The van der Waals surface area contributed by atoms with Gasteiger partial charge in [0.15, 0.2) is 11.0 Å². The summed E-state index contributed by atoms with van der Waals surface area (Å²) in [5, 5.41) is 9.61. The number of pyridine rings is 1. The SMILES string of the molecule is CC(C)OC(=O)CSc1nnc(-c2cccnc2)n1C1CCCCC1C. The first kappa shape index (κ1) is 18.9. The Morgan fingerprint density at radius 2 is 2.15 bits per heavy atom. The maximum atomic E-state index is 11.9. The van der Waals surface area contributed by atoms with Crippen LogP contribution < -0.4 is 0 Å². The van der Waals surface area contributed by atoms with Crippen LogP contribution in [0, 0.1) is 5.92 Å². The van der Waals surface area contributed by atoms with Crippen LogP contribution in [0.1, 0.15) is 52.5 Å². The van der Waals surface area contributed by atoms with Crippen LogP contribution >= 0.6 is 11.8 Å². The molecular weight excluding hydrogens is 348 g/mol. The second-order valence-electron chi connectivity index (χ2n) is 7.07. The van der Waals surface area contributed by atoms with E-state index in [4.69, 9.17) is 4.74 Å². The zero-order valence-corrected chi connectivity index (χ0v) is 16.4. The smallest absolute Gasteiger partial charge is 0.316 e. The lowest BCUT2D eigenvalue weighted by molar-refractivity contribution is -0.144. The van der Waals surface area contributed by atoms with Crippen molar-refractivity contribution >= 4 is 17.7 Å². The molecule has 1 fully saturated rings. The van der Waals surface area contributed by atoms with Crippen molar-refractivity contribution < 1.29 is 9.53 Å². The summed E-state index contributed by atoms with van der Waals surface area (Å²) >= 11 is 1.40. The average molecular weight is 375 g/mol. The molecule has 0 radical (unpaired) electrons. The van der Waals surface area contributed by atoms with Gasteiger partial charge in [0, 0.05) is 24.0 Å². The lowest BCUT2D eigenvalue weighted by atomic mass is 9.85. The van der Waals surface area contributed by atoms with Gasteiger partial charge in [-0.3, -0.25) is 14.3 Å². The van der Waals surface area contributed by atoms with Crippen LogP contribution in [-0.4, -0.2) is 37.6 Å². The Labute approximate surface area is 158 Å². The number of ether oxygens (including phenoxy) is 1. The van der Waals surface area contributed by atoms with Crippen molar-refractivity contribution in [2.75, 3.05) is 5.75 Å². The minimum Gasteiger partial charge on any atom is -0.462 e. The zero-order chi connectivity index (χ0) is 18.5. The Bertz CT molecular complexity index is 732. The molecule has 1 saturated carbocycles. The predicted octanol–water partition coefficient (Wildman–Crippen LogP) is 4.14. The first-order valence-electron chi connectivity index (χ1n) is 9.24. The average Bonchev–Trinajstić information content (AvgIpc) is 3.04. The fourth-order valence-electron chi connectivity index (χ4n) is 3.47. The van der Waals surface area contributed by atoms with E-state index >= 15 is 0 Å². The molecule has 3 rings (SSSR count). The Kier molecular flexibility index (Phi) is 6.29. The molecule has 0 amide bonds. The molecule has 0 spiro atoms. The van der Waals surface area contributed by atoms with E-state index in [1.807, 2.05) is 32.2 Å². The number of rotatable bonds is 6. The van der Waals surface area contributed by atoms with Gasteiger partial charge in [-0.1, -0.05) is 31.5 Å².